The molecule has 2 amide bonds. The van der Waals surface area contributed by atoms with Gasteiger partial charge in [-0.05, 0) is 12.0 Å². The van der Waals surface area contributed by atoms with Gasteiger partial charge in [0.15, 0.2) is 0 Å². The molecule has 1 rings (SSSR count). The van der Waals surface area contributed by atoms with Crippen LogP contribution in [-0.4, -0.2) is 59.7 Å². The summed E-state index contributed by atoms with van der Waals surface area (Å²) < 4.78 is 4.74. The van der Waals surface area contributed by atoms with Crippen LogP contribution >= 0.6 is 0 Å². The molecule has 0 unspecified atom stereocenters. The van der Waals surface area contributed by atoms with Crippen LogP contribution < -0.4 is 5.32 Å². The van der Waals surface area contributed by atoms with Gasteiger partial charge in [0.05, 0.1) is 20.1 Å². The van der Waals surface area contributed by atoms with E-state index in [1.165, 1.54) is 14.0 Å². The lowest BCUT2D eigenvalue weighted by atomic mass is 10.0. The van der Waals surface area contributed by atoms with Crippen molar-refractivity contribution in [3.8, 4) is 0 Å². The number of ether oxygens (including phenoxy) is 1. The molecule has 0 fully saturated rings. The number of methoxy groups -OCH3 is 1. The highest BCUT2D eigenvalue weighted by Gasteiger charge is 2.34. The predicted octanol–water partition coefficient (Wildman–Crippen LogP) is 0.920. The van der Waals surface area contributed by atoms with E-state index in [9.17, 15) is 19.2 Å². The van der Waals surface area contributed by atoms with Crippen molar-refractivity contribution in [2.24, 2.45) is 0 Å². The first-order valence-corrected chi connectivity index (χ1v) is 8.86. The molecule has 2 atom stereocenters. The van der Waals surface area contributed by atoms with Gasteiger partial charge in [-0.1, -0.05) is 37.3 Å². The highest BCUT2D eigenvalue weighted by molar-refractivity contribution is 5.92. The van der Waals surface area contributed by atoms with E-state index >= 15 is 0 Å². The number of esters is 1. The topological polar surface area (TPSA) is 122 Å². The van der Waals surface area contributed by atoms with Crippen LogP contribution in [0.2, 0.25) is 0 Å². The molecule has 0 spiro atoms. The summed E-state index contributed by atoms with van der Waals surface area (Å²) in [4.78, 5) is 53.2. The van der Waals surface area contributed by atoms with E-state index in [2.05, 4.69) is 5.32 Å². The van der Waals surface area contributed by atoms with Crippen molar-refractivity contribution in [3.05, 3.63) is 35.9 Å². The number of hydrogen-bond acceptors (Lipinski definition) is 6. The molecule has 0 saturated carbocycles. The van der Waals surface area contributed by atoms with E-state index in [4.69, 9.17) is 14.7 Å². The van der Waals surface area contributed by atoms with E-state index in [1.807, 2.05) is 6.07 Å². The summed E-state index contributed by atoms with van der Waals surface area (Å²) in [7, 11) is 1.19. The van der Waals surface area contributed by atoms with Crippen molar-refractivity contribution in [1.29, 1.82) is 0 Å². The molecule has 0 aromatic heterocycles. The second-order valence-electron chi connectivity index (χ2n) is 6.07. The Morgan fingerprint density at radius 1 is 1.18 bits per heavy atom. The average molecular weight is 394 g/mol. The Balaban J connectivity index is 3.04. The third-order valence-corrected chi connectivity index (χ3v) is 3.78. The number of carbonyl (C=O) groups is 4. The summed E-state index contributed by atoms with van der Waals surface area (Å²) in [6, 6.07) is 6.48. The molecule has 9 heteroatoms. The summed E-state index contributed by atoms with van der Waals surface area (Å²) >= 11 is 0. The molecule has 0 aliphatic carbocycles. The van der Waals surface area contributed by atoms with Crippen molar-refractivity contribution in [3.63, 3.8) is 0 Å². The van der Waals surface area contributed by atoms with Crippen LogP contribution in [-0.2, 0) is 35.2 Å². The van der Waals surface area contributed by atoms with Crippen LogP contribution in [0.15, 0.2) is 30.3 Å². The van der Waals surface area contributed by atoms with E-state index in [1.54, 1.807) is 31.2 Å². The summed E-state index contributed by atoms with van der Waals surface area (Å²) in [5.41, 5.74) is 0.777. The number of hydrogen-bond donors (Lipinski definition) is 2. The Hall–Kier alpha value is -2.94. The number of hydroxylamine groups is 2. The molecule has 0 aliphatic rings. The number of carbonyl (C=O) groups excluding carboxylic acids is 3. The van der Waals surface area contributed by atoms with Gasteiger partial charge in [-0.15, -0.1) is 0 Å². The van der Waals surface area contributed by atoms with Gasteiger partial charge >= 0.3 is 11.9 Å². The fraction of sp³-hybridized carbons (Fsp3) is 0.474. The monoisotopic (exact) mass is 394 g/mol. The molecule has 2 N–H and O–H groups in total. The van der Waals surface area contributed by atoms with E-state index in [0.717, 1.165) is 10.6 Å². The number of nitrogens with one attached hydrogen (secondary N) is 1. The Morgan fingerprint density at radius 2 is 1.82 bits per heavy atom. The second-order valence-corrected chi connectivity index (χ2v) is 6.07. The number of carboxylic acid groups (broad SMARTS) is 1. The Bertz CT molecular complexity index is 678. The van der Waals surface area contributed by atoms with Crippen molar-refractivity contribution >= 4 is 23.8 Å². The zero-order chi connectivity index (χ0) is 21.1. The van der Waals surface area contributed by atoms with Gasteiger partial charge in [0.1, 0.15) is 12.1 Å². The van der Waals surface area contributed by atoms with Gasteiger partial charge in [-0.3, -0.25) is 19.2 Å². The summed E-state index contributed by atoms with van der Waals surface area (Å²) in [5, 5.41) is 12.4. The SMILES string of the molecule is CCCON(C(C)=O)[C@@H](CC(=O)O)C(=O)N[C@@H](Cc1ccccc1)C(=O)OC. The van der Waals surface area contributed by atoms with Crippen molar-refractivity contribution < 1.29 is 33.9 Å². The van der Waals surface area contributed by atoms with E-state index in [0.29, 0.717) is 6.42 Å². The molecule has 0 aliphatic heterocycles. The minimum atomic E-state index is -1.43. The van der Waals surface area contributed by atoms with Crippen LogP contribution in [0.4, 0.5) is 0 Å². The Kier molecular flexibility index (Phi) is 9.66. The van der Waals surface area contributed by atoms with Crippen LogP contribution in [0, 0.1) is 0 Å². The lowest BCUT2D eigenvalue weighted by Gasteiger charge is -2.29. The highest BCUT2D eigenvalue weighted by atomic mass is 16.7. The Labute approximate surface area is 163 Å². The van der Waals surface area contributed by atoms with E-state index in [-0.39, 0.29) is 13.0 Å². The number of rotatable bonds is 11. The third-order valence-electron chi connectivity index (χ3n) is 3.78. The largest absolute Gasteiger partial charge is 0.481 e. The molecule has 0 bridgehead atoms. The number of benzene rings is 1. The number of nitrogens with zero attached hydrogens (tertiary/aromatic N) is 1. The molecule has 28 heavy (non-hydrogen) atoms. The first-order chi connectivity index (χ1) is 13.3. The average Bonchev–Trinajstić information content (AvgIpc) is 2.66. The highest BCUT2D eigenvalue weighted by Crippen LogP contribution is 2.10. The van der Waals surface area contributed by atoms with Gasteiger partial charge in [-0.2, -0.15) is 0 Å². The maximum Gasteiger partial charge on any atom is 0.328 e. The summed E-state index contributed by atoms with van der Waals surface area (Å²) in [6.45, 7) is 3.10. The van der Waals surface area contributed by atoms with E-state index < -0.39 is 42.3 Å². The number of aliphatic carboxylic acids is 1. The first-order valence-electron chi connectivity index (χ1n) is 8.86. The molecule has 1 aromatic rings. The smallest absolute Gasteiger partial charge is 0.328 e. The molecular formula is C19H26N2O7. The third kappa shape index (κ3) is 7.36. The minimum Gasteiger partial charge on any atom is -0.481 e. The lowest BCUT2D eigenvalue weighted by Crippen LogP contribution is -2.54. The predicted molar refractivity (Wildman–Crippen MR) is 98.9 cm³/mol. The molecular weight excluding hydrogens is 368 g/mol. The molecule has 1 aromatic carbocycles. The second kappa shape index (κ2) is 11.7. The fourth-order valence-corrected chi connectivity index (χ4v) is 2.49. The van der Waals surface area contributed by atoms with Crippen LogP contribution in [0.1, 0.15) is 32.3 Å². The summed E-state index contributed by atoms with van der Waals surface area (Å²) in [5.74, 6) is -3.41. The first kappa shape index (κ1) is 23.1. The Morgan fingerprint density at radius 3 is 2.32 bits per heavy atom. The minimum absolute atomic E-state index is 0.132. The fourth-order valence-electron chi connectivity index (χ4n) is 2.49. The molecule has 9 nitrogen and oxygen atoms in total. The molecule has 154 valence electrons. The van der Waals surface area contributed by atoms with Crippen LogP contribution in [0.3, 0.4) is 0 Å². The molecule has 0 saturated heterocycles. The normalized spacial score (nSPS) is 12.5. The molecule has 0 heterocycles. The maximum absolute atomic E-state index is 12.8. The van der Waals surface area contributed by atoms with Crippen molar-refractivity contribution in [2.45, 2.75) is 45.2 Å². The number of carboxylic acids is 1. The quantitative estimate of drug-likeness (QED) is 0.423. The van der Waals surface area contributed by atoms with Crippen molar-refractivity contribution in [2.75, 3.05) is 13.7 Å². The van der Waals surface area contributed by atoms with Crippen molar-refractivity contribution in [1.82, 2.24) is 10.4 Å². The van der Waals surface area contributed by atoms with Gasteiger partial charge in [0.25, 0.3) is 0 Å². The maximum atomic E-state index is 12.8. The molecule has 0 radical (unpaired) electrons. The van der Waals surface area contributed by atoms with Gasteiger partial charge < -0.3 is 15.2 Å². The van der Waals surface area contributed by atoms with Crippen LogP contribution in [0.25, 0.3) is 0 Å². The number of amides is 2. The standard InChI is InChI=1S/C19H26N2O7/c1-4-10-28-21(13(2)22)16(12-17(23)24)18(25)20-15(19(26)27-3)11-14-8-6-5-7-9-14/h5-9,15-16H,4,10-12H2,1-3H3,(H,20,25)(H,23,24)/t15-,16-/m0/s1. The lowest BCUT2D eigenvalue weighted by molar-refractivity contribution is -0.202. The van der Waals surface area contributed by atoms with Gasteiger partial charge in [-0.25, -0.2) is 9.86 Å². The van der Waals surface area contributed by atoms with Crippen LogP contribution in [0.5, 0.6) is 0 Å². The summed E-state index contributed by atoms with van der Waals surface area (Å²) in [6.07, 6.45) is 0.0350. The zero-order valence-electron chi connectivity index (χ0n) is 16.2. The van der Waals surface area contributed by atoms with Gasteiger partial charge in [0.2, 0.25) is 11.8 Å². The zero-order valence-corrected chi connectivity index (χ0v) is 16.2. The van der Waals surface area contributed by atoms with Gasteiger partial charge in [0, 0.05) is 13.3 Å².